The van der Waals surface area contributed by atoms with Crippen molar-refractivity contribution in [3.8, 4) is 5.75 Å². The molecule has 0 saturated heterocycles. The average Bonchev–Trinajstić information content (AvgIpc) is 3.31. The van der Waals surface area contributed by atoms with Crippen LogP contribution in [0.5, 0.6) is 5.75 Å². The van der Waals surface area contributed by atoms with Crippen LogP contribution in [0.25, 0.3) is 10.9 Å². The number of benzene rings is 1. The van der Waals surface area contributed by atoms with Gasteiger partial charge >= 0.3 is 5.97 Å². The second-order valence-corrected chi connectivity index (χ2v) is 7.84. The summed E-state index contributed by atoms with van der Waals surface area (Å²) in [7, 11) is 1.24. The van der Waals surface area contributed by atoms with Crippen molar-refractivity contribution in [3.63, 3.8) is 0 Å². The van der Waals surface area contributed by atoms with Gasteiger partial charge in [-0.05, 0) is 30.5 Å². The Morgan fingerprint density at radius 1 is 1.24 bits per heavy atom. The molecule has 1 unspecified atom stereocenters. The van der Waals surface area contributed by atoms with Crippen molar-refractivity contribution in [2.75, 3.05) is 7.11 Å². The van der Waals surface area contributed by atoms with Gasteiger partial charge in [0, 0.05) is 47.5 Å². The Labute approximate surface area is 188 Å². The number of ether oxygens (including phenoxy) is 1. The number of para-hydroxylation sites is 1. The molecule has 3 aromatic heterocycles. The van der Waals surface area contributed by atoms with Crippen molar-refractivity contribution in [2.24, 2.45) is 0 Å². The number of pyridine rings is 2. The summed E-state index contributed by atoms with van der Waals surface area (Å²) >= 11 is 0. The minimum Gasteiger partial charge on any atom is -0.507 e. The molecule has 170 valence electrons. The largest absolute Gasteiger partial charge is 0.507 e. The Bertz CT molecular complexity index is 1420. The van der Waals surface area contributed by atoms with Gasteiger partial charge < -0.3 is 24.4 Å². The first-order chi connectivity index (χ1) is 15.9. The molecule has 1 atom stereocenters. The first-order valence-electron chi connectivity index (χ1n) is 10.5. The Morgan fingerprint density at radius 3 is 2.76 bits per heavy atom. The molecule has 0 spiro atoms. The van der Waals surface area contributed by atoms with Crippen LogP contribution in [0.1, 0.15) is 34.9 Å². The molecular weight excluding hydrogens is 424 g/mol. The van der Waals surface area contributed by atoms with E-state index < -0.39 is 23.0 Å². The summed E-state index contributed by atoms with van der Waals surface area (Å²) in [6.45, 7) is 2.05. The van der Waals surface area contributed by atoms with E-state index in [1.807, 2.05) is 12.1 Å². The Kier molecular flexibility index (Phi) is 6.12. The molecule has 9 nitrogen and oxygen atoms in total. The molecule has 4 rings (SSSR count). The smallest absolute Gasteiger partial charge is 0.306 e. The first-order valence-corrected chi connectivity index (χ1v) is 10.5. The summed E-state index contributed by atoms with van der Waals surface area (Å²) in [5, 5.41) is 11.5. The Balaban J connectivity index is 1.86. The van der Waals surface area contributed by atoms with Crippen molar-refractivity contribution >= 4 is 16.9 Å². The molecule has 0 radical (unpaired) electrons. The van der Waals surface area contributed by atoms with Crippen LogP contribution in [0.2, 0.25) is 0 Å². The zero-order valence-electron chi connectivity index (χ0n) is 18.3. The highest BCUT2D eigenvalue weighted by Gasteiger charge is 2.28. The number of imidazole rings is 1. The molecule has 33 heavy (non-hydrogen) atoms. The quantitative estimate of drug-likeness (QED) is 0.372. The van der Waals surface area contributed by atoms with Gasteiger partial charge in [0.05, 0.1) is 25.4 Å². The van der Waals surface area contributed by atoms with Crippen LogP contribution in [0.15, 0.2) is 58.5 Å². The minimum absolute atomic E-state index is 0.0172. The number of fused-ring (bicyclic) bond motifs is 1. The number of aromatic hydroxyl groups is 1. The maximum absolute atomic E-state index is 13.5. The van der Waals surface area contributed by atoms with E-state index in [2.05, 4.69) is 15.0 Å². The number of rotatable bonds is 7. The number of aromatic amines is 2. The minimum atomic E-state index is -0.989. The highest BCUT2D eigenvalue weighted by Crippen LogP contribution is 2.32. The standard InChI is InChI=1S/C24H24N4O5/c1-14-9-20(29)22(24(32)28(14)8-7-16-12-25-13-26-16)17(11-21(30)33-2)18-10-15-5-3-4-6-19(15)27-23(18)31/h3-6,9-10,12-13,17,29H,7-8,11H2,1-2H3,(H,25,26)(H,27,31). The van der Waals surface area contributed by atoms with E-state index in [1.54, 1.807) is 37.6 Å². The molecule has 1 aromatic carbocycles. The van der Waals surface area contributed by atoms with Gasteiger partial charge in [0.15, 0.2) is 0 Å². The molecule has 0 aliphatic carbocycles. The van der Waals surface area contributed by atoms with E-state index in [0.717, 1.165) is 11.1 Å². The number of hydrogen-bond acceptors (Lipinski definition) is 6. The molecule has 0 amide bonds. The summed E-state index contributed by atoms with van der Waals surface area (Å²) in [5.74, 6) is -1.86. The van der Waals surface area contributed by atoms with Gasteiger partial charge in [-0.1, -0.05) is 18.2 Å². The topological polar surface area (TPSA) is 130 Å². The molecule has 0 bridgehead atoms. The molecular formula is C24H24N4O5. The number of nitrogens with zero attached hydrogens (tertiary/aromatic N) is 2. The lowest BCUT2D eigenvalue weighted by molar-refractivity contribution is -0.140. The number of carbonyl (C=O) groups excluding carboxylic acids is 1. The van der Waals surface area contributed by atoms with Crippen molar-refractivity contribution in [1.29, 1.82) is 0 Å². The fraction of sp³-hybridized carbons (Fsp3) is 0.250. The van der Waals surface area contributed by atoms with Gasteiger partial charge in [-0.25, -0.2) is 4.98 Å². The first kappa shape index (κ1) is 22.1. The summed E-state index contributed by atoms with van der Waals surface area (Å²) in [5.41, 5.74) is 1.33. The zero-order chi connectivity index (χ0) is 23.5. The lowest BCUT2D eigenvalue weighted by atomic mass is 9.88. The average molecular weight is 448 g/mol. The van der Waals surface area contributed by atoms with E-state index in [0.29, 0.717) is 24.2 Å². The second kappa shape index (κ2) is 9.15. The van der Waals surface area contributed by atoms with E-state index in [-0.39, 0.29) is 23.3 Å². The number of H-pyrrole nitrogens is 2. The highest BCUT2D eigenvalue weighted by molar-refractivity contribution is 5.79. The summed E-state index contributed by atoms with van der Waals surface area (Å²) < 4.78 is 6.35. The van der Waals surface area contributed by atoms with E-state index in [1.165, 1.54) is 17.7 Å². The number of aryl methyl sites for hydroxylation is 2. The van der Waals surface area contributed by atoms with Gasteiger partial charge in [-0.2, -0.15) is 0 Å². The molecule has 4 aromatic rings. The molecule has 0 aliphatic heterocycles. The Morgan fingerprint density at radius 2 is 2.03 bits per heavy atom. The van der Waals surface area contributed by atoms with Crippen LogP contribution in [0.4, 0.5) is 0 Å². The molecule has 0 fully saturated rings. The molecule has 0 aliphatic rings. The molecule has 0 saturated carbocycles. The lowest BCUT2D eigenvalue weighted by Crippen LogP contribution is -2.31. The van der Waals surface area contributed by atoms with Crippen LogP contribution in [0.3, 0.4) is 0 Å². The van der Waals surface area contributed by atoms with E-state index >= 15 is 0 Å². The third-order valence-electron chi connectivity index (χ3n) is 5.79. The molecule has 3 heterocycles. The van der Waals surface area contributed by atoms with Crippen molar-refractivity contribution in [2.45, 2.75) is 32.2 Å². The van der Waals surface area contributed by atoms with Crippen molar-refractivity contribution < 1.29 is 14.6 Å². The molecule has 9 heteroatoms. The number of methoxy groups -OCH3 is 1. The number of hydrogen-bond donors (Lipinski definition) is 3. The summed E-state index contributed by atoms with van der Waals surface area (Å²) in [6, 6.07) is 10.3. The SMILES string of the molecule is COC(=O)CC(c1cc2ccccc2[nH]c1=O)c1c(O)cc(C)n(CCc2cnc[nH]2)c1=O. The maximum atomic E-state index is 13.5. The predicted molar refractivity (Wildman–Crippen MR) is 122 cm³/mol. The number of nitrogens with one attached hydrogen (secondary N) is 2. The fourth-order valence-corrected chi connectivity index (χ4v) is 4.07. The lowest BCUT2D eigenvalue weighted by Gasteiger charge is -2.20. The number of aromatic nitrogens is 4. The van der Waals surface area contributed by atoms with E-state index in [9.17, 15) is 19.5 Å². The van der Waals surface area contributed by atoms with Crippen LogP contribution >= 0.6 is 0 Å². The zero-order valence-corrected chi connectivity index (χ0v) is 18.3. The van der Waals surface area contributed by atoms with Crippen LogP contribution in [-0.4, -0.2) is 37.7 Å². The van der Waals surface area contributed by atoms with Gasteiger partial charge in [0.2, 0.25) is 0 Å². The normalized spacial score (nSPS) is 12.1. The van der Waals surface area contributed by atoms with Crippen molar-refractivity contribution in [1.82, 2.24) is 19.5 Å². The molecule has 3 N–H and O–H groups in total. The van der Waals surface area contributed by atoms with Crippen LogP contribution in [-0.2, 0) is 22.5 Å². The van der Waals surface area contributed by atoms with E-state index in [4.69, 9.17) is 4.74 Å². The predicted octanol–water partition coefficient (Wildman–Crippen LogP) is 2.36. The number of esters is 1. The summed E-state index contributed by atoms with van der Waals surface area (Å²) in [6.07, 6.45) is 3.48. The summed E-state index contributed by atoms with van der Waals surface area (Å²) in [4.78, 5) is 48.5. The number of carbonyl (C=O) groups is 1. The van der Waals surface area contributed by atoms with Gasteiger partial charge in [-0.3, -0.25) is 14.4 Å². The third kappa shape index (κ3) is 4.43. The third-order valence-corrected chi connectivity index (χ3v) is 5.79. The maximum Gasteiger partial charge on any atom is 0.306 e. The highest BCUT2D eigenvalue weighted by atomic mass is 16.5. The Hall–Kier alpha value is -4.14. The monoisotopic (exact) mass is 448 g/mol. The van der Waals surface area contributed by atoms with Gasteiger partial charge in [0.25, 0.3) is 11.1 Å². The van der Waals surface area contributed by atoms with Gasteiger partial charge in [0.1, 0.15) is 5.75 Å². The van der Waals surface area contributed by atoms with Gasteiger partial charge in [-0.15, -0.1) is 0 Å². The fourth-order valence-electron chi connectivity index (χ4n) is 4.07. The van der Waals surface area contributed by atoms with Crippen LogP contribution < -0.4 is 11.1 Å². The van der Waals surface area contributed by atoms with Crippen LogP contribution in [0, 0.1) is 6.92 Å². The second-order valence-electron chi connectivity index (χ2n) is 7.84. The van der Waals surface area contributed by atoms with Crippen molar-refractivity contribution in [3.05, 3.63) is 92.1 Å².